The fraction of sp³-hybridized carbons (Fsp3) is 0.714. The number of imidazole rings is 1. The van der Waals surface area contributed by atoms with Crippen molar-refractivity contribution in [2.45, 2.75) is 52.0 Å². The van der Waals surface area contributed by atoms with Gasteiger partial charge in [0.2, 0.25) is 0 Å². The molecule has 0 aromatic carbocycles. The fourth-order valence-corrected chi connectivity index (χ4v) is 2.03. The van der Waals surface area contributed by atoms with E-state index in [4.69, 9.17) is 5.73 Å². The molecule has 0 bridgehead atoms. The molecule has 0 aliphatic rings. The van der Waals surface area contributed by atoms with Gasteiger partial charge in [-0.15, -0.1) is 0 Å². The number of carbonyl (C=O) groups is 1. The number of carbonyl (C=O) groups excluding carboxylic acids is 1. The molecule has 1 aromatic heterocycles. The van der Waals surface area contributed by atoms with Crippen LogP contribution in [0.1, 0.15) is 45.4 Å². The molecule has 0 saturated carbocycles. The number of aromatic nitrogens is 2. The van der Waals surface area contributed by atoms with E-state index in [2.05, 4.69) is 4.98 Å². The van der Waals surface area contributed by atoms with Crippen LogP contribution in [0.5, 0.6) is 0 Å². The summed E-state index contributed by atoms with van der Waals surface area (Å²) < 4.78 is 1.97. The van der Waals surface area contributed by atoms with Gasteiger partial charge in [-0.1, -0.05) is 13.3 Å². The summed E-state index contributed by atoms with van der Waals surface area (Å²) >= 11 is 0. The SMILES string of the molecule is CC(N)CCCC(C)C(=O)CCc1nccn1C. The lowest BCUT2D eigenvalue weighted by Gasteiger charge is -2.11. The Morgan fingerprint density at radius 1 is 1.44 bits per heavy atom. The van der Waals surface area contributed by atoms with E-state index in [0.29, 0.717) is 12.2 Å². The van der Waals surface area contributed by atoms with Crippen molar-refractivity contribution >= 4 is 5.78 Å². The predicted molar refractivity (Wildman–Crippen MR) is 73.2 cm³/mol. The first-order valence-corrected chi connectivity index (χ1v) is 6.75. The van der Waals surface area contributed by atoms with Gasteiger partial charge in [-0.3, -0.25) is 4.79 Å². The van der Waals surface area contributed by atoms with E-state index >= 15 is 0 Å². The minimum absolute atomic E-state index is 0.143. The van der Waals surface area contributed by atoms with Gasteiger partial charge in [0.1, 0.15) is 11.6 Å². The van der Waals surface area contributed by atoms with Crippen LogP contribution in [0.4, 0.5) is 0 Å². The van der Waals surface area contributed by atoms with E-state index in [-0.39, 0.29) is 12.0 Å². The third kappa shape index (κ3) is 5.00. The molecule has 0 fully saturated rings. The summed E-state index contributed by atoms with van der Waals surface area (Å²) in [4.78, 5) is 16.2. The second kappa shape index (κ2) is 7.31. The first kappa shape index (κ1) is 14.9. The molecule has 2 N–H and O–H groups in total. The van der Waals surface area contributed by atoms with Gasteiger partial charge in [-0.25, -0.2) is 4.98 Å². The van der Waals surface area contributed by atoms with E-state index < -0.39 is 0 Å². The minimum Gasteiger partial charge on any atom is -0.338 e. The number of aryl methyl sites for hydroxylation is 2. The highest BCUT2D eigenvalue weighted by molar-refractivity contribution is 5.80. The van der Waals surface area contributed by atoms with E-state index in [9.17, 15) is 4.79 Å². The first-order chi connectivity index (χ1) is 8.50. The molecule has 18 heavy (non-hydrogen) atoms. The van der Waals surface area contributed by atoms with Crippen molar-refractivity contribution < 1.29 is 4.79 Å². The number of nitrogens with zero attached hydrogens (tertiary/aromatic N) is 2. The van der Waals surface area contributed by atoms with Crippen molar-refractivity contribution in [2.24, 2.45) is 18.7 Å². The zero-order valence-corrected chi connectivity index (χ0v) is 11.7. The van der Waals surface area contributed by atoms with Gasteiger partial charge < -0.3 is 10.3 Å². The summed E-state index contributed by atoms with van der Waals surface area (Å²) in [5.41, 5.74) is 5.70. The Labute approximate surface area is 110 Å². The number of hydrogen-bond acceptors (Lipinski definition) is 3. The number of Topliss-reactive ketones (excluding diaryl/α,β-unsaturated/α-hetero) is 1. The smallest absolute Gasteiger partial charge is 0.136 e. The van der Waals surface area contributed by atoms with Crippen molar-refractivity contribution in [3.8, 4) is 0 Å². The van der Waals surface area contributed by atoms with Gasteiger partial charge in [0.25, 0.3) is 0 Å². The lowest BCUT2D eigenvalue weighted by molar-refractivity contribution is -0.122. The van der Waals surface area contributed by atoms with Gasteiger partial charge >= 0.3 is 0 Å². The second-order valence-corrected chi connectivity index (χ2v) is 5.23. The number of ketones is 1. The van der Waals surface area contributed by atoms with Crippen molar-refractivity contribution in [1.29, 1.82) is 0 Å². The molecule has 2 unspecified atom stereocenters. The molecule has 2 atom stereocenters. The monoisotopic (exact) mass is 251 g/mol. The van der Waals surface area contributed by atoms with Crippen LogP contribution in [0.15, 0.2) is 12.4 Å². The molecular formula is C14H25N3O. The summed E-state index contributed by atoms with van der Waals surface area (Å²) in [6, 6.07) is 0.236. The maximum atomic E-state index is 12.0. The fourth-order valence-electron chi connectivity index (χ4n) is 2.03. The quantitative estimate of drug-likeness (QED) is 0.769. The van der Waals surface area contributed by atoms with Crippen LogP contribution >= 0.6 is 0 Å². The maximum absolute atomic E-state index is 12.0. The normalized spacial score (nSPS) is 14.4. The summed E-state index contributed by atoms with van der Waals surface area (Å²) in [5, 5.41) is 0. The minimum atomic E-state index is 0.143. The Balaban J connectivity index is 2.25. The standard InChI is InChI=1S/C14H25N3O/c1-11(5-4-6-12(2)15)13(18)7-8-14-16-9-10-17(14)3/h9-12H,4-8,15H2,1-3H3. The molecule has 1 heterocycles. The summed E-state index contributed by atoms with van der Waals surface area (Å²) in [6.07, 6.45) is 7.98. The van der Waals surface area contributed by atoms with Crippen LogP contribution in [-0.4, -0.2) is 21.4 Å². The van der Waals surface area contributed by atoms with Crippen molar-refractivity contribution in [3.05, 3.63) is 18.2 Å². The van der Waals surface area contributed by atoms with Crippen molar-refractivity contribution in [2.75, 3.05) is 0 Å². The van der Waals surface area contributed by atoms with Crippen molar-refractivity contribution in [1.82, 2.24) is 9.55 Å². The topological polar surface area (TPSA) is 60.9 Å². The van der Waals surface area contributed by atoms with Crippen LogP contribution in [0, 0.1) is 5.92 Å². The number of rotatable bonds is 8. The highest BCUT2D eigenvalue weighted by Gasteiger charge is 2.13. The zero-order chi connectivity index (χ0) is 13.5. The molecule has 0 saturated heterocycles. The highest BCUT2D eigenvalue weighted by atomic mass is 16.1. The van der Waals surface area contributed by atoms with E-state index in [1.165, 1.54) is 0 Å². The molecule has 1 rings (SSSR count). The van der Waals surface area contributed by atoms with E-state index in [0.717, 1.165) is 31.5 Å². The highest BCUT2D eigenvalue weighted by Crippen LogP contribution is 2.13. The Kier molecular flexibility index (Phi) is 6.05. The summed E-state index contributed by atoms with van der Waals surface area (Å²) in [7, 11) is 1.96. The molecule has 0 aliphatic heterocycles. The average molecular weight is 251 g/mol. The molecule has 1 aromatic rings. The van der Waals surface area contributed by atoms with Crippen LogP contribution in [0.3, 0.4) is 0 Å². The first-order valence-electron chi connectivity index (χ1n) is 6.75. The lowest BCUT2D eigenvalue weighted by Crippen LogP contribution is -2.17. The van der Waals surface area contributed by atoms with E-state index in [1.54, 1.807) is 6.20 Å². The summed E-state index contributed by atoms with van der Waals surface area (Å²) in [6.45, 7) is 4.02. The van der Waals surface area contributed by atoms with Gasteiger partial charge in [-0.2, -0.15) is 0 Å². The molecule has 4 nitrogen and oxygen atoms in total. The Bertz CT molecular complexity index is 371. The largest absolute Gasteiger partial charge is 0.338 e. The van der Waals surface area contributed by atoms with Crippen LogP contribution in [0.25, 0.3) is 0 Å². The Hall–Kier alpha value is -1.16. The van der Waals surface area contributed by atoms with Crippen LogP contribution < -0.4 is 5.73 Å². The number of hydrogen-bond donors (Lipinski definition) is 1. The van der Waals surface area contributed by atoms with Gasteiger partial charge in [-0.05, 0) is 19.8 Å². The molecule has 0 amide bonds. The third-order valence-corrected chi connectivity index (χ3v) is 3.36. The van der Waals surface area contributed by atoms with Gasteiger partial charge in [0.15, 0.2) is 0 Å². The van der Waals surface area contributed by atoms with Gasteiger partial charge in [0.05, 0.1) is 0 Å². The van der Waals surface area contributed by atoms with Gasteiger partial charge in [0, 0.05) is 44.2 Å². The average Bonchev–Trinajstić information content (AvgIpc) is 2.71. The lowest BCUT2D eigenvalue weighted by atomic mass is 9.95. The Morgan fingerprint density at radius 3 is 2.72 bits per heavy atom. The third-order valence-electron chi connectivity index (χ3n) is 3.36. The predicted octanol–water partition coefficient (Wildman–Crippen LogP) is 2.08. The van der Waals surface area contributed by atoms with E-state index in [1.807, 2.05) is 31.7 Å². The van der Waals surface area contributed by atoms with Crippen molar-refractivity contribution in [3.63, 3.8) is 0 Å². The Morgan fingerprint density at radius 2 is 2.17 bits per heavy atom. The maximum Gasteiger partial charge on any atom is 0.136 e. The molecule has 0 radical (unpaired) electrons. The molecule has 102 valence electrons. The molecular weight excluding hydrogens is 226 g/mol. The molecule has 0 spiro atoms. The van der Waals surface area contributed by atoms with Crippen LogP contribution in [-0.2, 0) is 18.3 Å². The zero-order valence-electron chi connectivity index (χ0n) is 11.7. The summed E-state index contributed by atoms with van der Waals surface area (Å²) in [5.74, 6) is 1.46. The molecule has 4 heteroatoms. The number of nitrogens with two attached hydrogens (primary N) is 1. The second-order valence-electron chi connectivity index (χ2n) is 5.23. The van der Waals surface area contributed by atoms with Crippen LogP contribution in [0.2, 0.25) is 0 Å². The molecule has 0 aliphatic carbocycles.